The minimum absolute atomic E-state index is 0. The number of fused-ring (bicyclic) bond motifs is 3. The first-order valence-corrected chi connectivity index (χ1v) is 10.5. The average molecular weight is 394 g/mol. The molecular formula is C22H32ClNO3. The molecule has 1 aromatic rings. The van der Waals surface area contributed by atoms with Gasteiger partial charge in [0.05, 0.1) is 18.3 Å². The van der Waals surface area contributed by atoms with Gasteiger partial charge >= 0.3 is 5.97 Å². The van der Waals surface area contributed by atoms with Crippen molar-refractivity contribution in [3.8, 4) is 0 Å². The number of esters is 1. The number of benzene rings is 1. The average Bonchev–Trinajstić information content (AvgIpc) is 2.71. The molecule has 1 N–H and O–H groups in total. The van der Waals surface area contributed by atoms with E-state index in [9.17, 15) is 4.79 Å². The van der Waals surface area contributed by atoms with E-state index in [0.717, 1.165) is 36.6 Å². The van der Waals surface area contributed by atoms with Gasteiger partial charge in [-0.1, -0.05) is 26.2 Å². The van der Waals surface area contributed by atoms with Crippen LogP contribution in [0.4, 0.5) is 5.69 Å². The summed E-state index contributed by atoms with van der Waals surface area (Å²) in [5.41, 5.74) is 2.94. The van der Waals surface area contributed by atoms with Crippen molar-refractivity contribution in [3.05, 3.63) is 29.3 Å². The molecule has 2 fully saturated rings. The molecule has 5 heteroatoms. The molecule has 3 aliphatic rings. The van der Waals surface area contributed by atoms with Crippen LogP contribution in [0.1, 0.15) is 80.3 Å². The van der Waals surface area contributed by atoms with Gasteiger partial charge in [-0.3, -0.25) is 0 Å². The summed E-state index contributed by atoms with van der Waals surface area (Å²) in [6.07, 6.45) is 10.1. The second-order valence-electron chi connectivity index (χ2n) is 8.10. The van der Waals surface area contributed by atoms with E-state index >= 15 is 0 Å². The van der Waals surface area contributed by atoms with Crippen LogP contribution in [0.2, 0.25) is 0 Å². The lowest BCUT2D eigenvalue weighted by molar-refractivity contribution is -0.0458. The van der Waals surface area contributed by atoms with Gasteiger partial charge in [-0.05, 0) is 56.2 Å². The Bertz CT molecular complexity index is 644. The Labute approximate surface area is 168 Å². The molecule has 0 amide bonds. The van der Waals surface area contributed by atoms with Crippen LogP contribution in [-0.2, 0) is 9.47 Å². The molecule has 4 rings (SSSR count). The molecule has 2 heterocycles. The predicted octanol–water partition coefficient (Wildman–Crippen LogP) is 5.52. The molecule has 0 radical (unpaired) electrons. The van der Waals surface area contributed by atoms with Gasteiger partial charge in [0, 0.05) is 29.8 Å². The summed E-state index contributed by atoms with van der Waals surface area (Å²) in [5, 5.41) is 3.84. The summed E-state index contributed by atoms with van der Waals surface area (Å²) in [4.78, 5) is 12.3. The van der Waals surface area contributed by atoms with Crippen molar-refractivity contribution < 1.29 is 14.3 Å². The standard InChI is InChI=1S/C22H31NO3.ClH/c1-2-12-26-22(24)16-10-11-19-18(14-16)21-17(9-6-13-25-21)20(23-19)15-7-4-3-5-8-15;/h10-11,14-15,17,20-21,23H,2-9,12-13H2,1H3;1H/t17-,20+,21-;/m0./s1. The summed E-state index contributed by atoms with van der Waals surface area (Å²) >= 11 is 0. The van der Waals surface area contributed by atoms with Gasteiger partial charge in [-0.2, -0.15) is 0 Å². The molecule has 2 aliphatic heterocycles. The van der Waals surface area contributed by atoms with Gasteiger partial charge in [-0.15, -0.1) is 12.4 Å². The maximum atomic E-state index is 12.3. The first-order valence-electron chi connectivity index (χ1n) is 10.5. The molecule has 1 saturated carbocycles. The van der Waals surface area contributed by atoms with Gasteiger partial charge < -0.3 is 14.8 Å². The SMILES string of the molecule is CCCOC(=O)c1ccc2c(c1)[C@H]1OCCC[C@H]1[C@@H](C1CCCCC1)N2.Cl. The molecular weight excluding hydrogens is 362 g/mol. The highest BCUT2D eigenvalue weighted by Gasteiger charge is 2.42. The van der Waals surface area contributed by atoms with Crippen LogP contribution < -0.4 is 5.32 Å². The van der Waals surface area contributed by atoms with E-state index in [1.165, 1.54) is 38.5 Å². The third kappa shape index (κ3) is 4.27. The number of carbonyl (C=O) groups excluding carboxylic acids is 1. The third-order valence-electron chi connectivity index (χ3n) is 6.34. The normalized spacial score (nSPS) is 27.5. The van der Waals surface area contributed by atoms with Crippen LogP contribution in [-0.4, -0.2) is 25.2 Å². The number of anilines is 1. The van der Waals surface area contributed by atoms with Crippen LogP contribution in [0.25, 0.3) is 0 Å². The van der Waals surface area contributed by atoms with E-state index in [0.29, 0.717) is 24.1 Å². The molecule has 0 bridgehead atoms. The number of ether oxygens (including phenoxy) is 2. The minimum atomic E-state index is -0.226. The van der Waals surface area contributed by atoms with E-state index in [1.807, 2.05) is 19.1 Å². The van der Waals surface area contributed by atoms with Gasteiger partial charge in [0.2, 0.25) is 0 Å². The second kappa shape index (κ2) is 9.29. The zero-order valence-corrected chi connectivity index (χ0v) is 17.1. The van der Waals surface area contributed by atoms with Crippen molar-refractivity contribution in [1.29, 1.82) is 0 Å². The van der Waals surface area contributed by atoms with E-state index in [2.05, 4.69) is 11.4 Å². The first kappa shape index (κ1) is 20.5. The van der Waals surface area contributed by atoms with Crippen LogP contribution >= 0.6 is 12.4 Å². The molecule has 4 nitrogen and oxygen atoms in total. The summed E-state index contributed by atoms with van der Waals surface area (Å²) in [6.45, 7) is 3.30. The Morgan fingerprint density at radius 2 is 2.00 bits per heavy atom. The number of nitrogens with one attached hydrogen (secondary N) is 1. The molecule has 0 unspecified atom stereocenters. The quantitative estimate of drug-likeness (QED) is 0.684. The van der Waals surface area contributed by atoms with Crippen molar-refractivity contribution >= 4 is 24.1 Å². The Kier molecular flexibility index (Phi) is 7.04. The fraction of sp³-hybridized carbons (Fsp3) is 0.682. The van der Waals surface area contributed by atoms with Crippen molar-refractivity contribution in [2.24, 2.45) is 11.8 Å². The van der Waals surface area contributed by atoms with Crippen LogP contribution in [0, 0.1) is 11.8 Å². The maximum absolute atomic E-state index is 12.3. The highest BCUT2D eigenvalue weighted by Crippen LogP contribution is 2.47. The summed E-state index contributed by atoms with van der Waals surface area (Å²) in [5.74, 6) is 1.04. The Morgan fingerprint density at radius 3 is 2.78 bits per heavy atom. The molecule has 1 saturated heterocycles. The van der Waals surface area contributed by atoms with Crippen molar-refractivity contribution in [1.82, 2.24) is 0 Å². The molecule has 27 heavy (non-hydrogen) atoms. The third-order valence-corrected chi connectivity index (χ3v) is 6.34. The number of halogens is 1. The fourth-order valence-electron chi connectivity index (χ4n) is 5.07. The topological polar surface area (TPSA) is 47.6 Å². The number of hydrogen-bond donors (Lipinski definition) is 1. The molecule has 150 valence electrons. The number of carbonyl (C=O) groups is 1. The predicted molar refractivity (Wildman–Crippen MR) is 110 cm³/mol. The zero-order chi connectivity index (χ0) is 17.9. The highest BCUT2D eigenvalue weighted by molar-refractivity contribution is 5.90. The molecule has 0 aromatic heterocycles. The first-order chi connectivity index (χ1) is 12.8. The Morgan fingerprint density at radius 1 is 1.19 bits per heavy atom. The van der Waals surface area contributed by atoms with Crippen molar-refractivity contribution in [2.75, 3.05) is 18.5 Å². The Balaban J connectivity index is 0.00000210. The van der Waals surface area contributed by atoms with Gasteiger partial charge in [0.25, 0.3) is 0 Å². The monoisotopic (exact) mass is 393 g/mol. The summed E-state index contributed by atoms with van der Waals surface area (Å²) < 4.78 is 11.6. The van der Waals surface area contributed by atoms with Crippen molar-refractivity contribution in [2.45, 2.75) is 70.4 Å². The van der Waals surface area contributed by atoms with Gasteiger partial charge in [0.1, 0.15) is 0 Å². The minimum Gasteiger partial charge on any atom is -0.462 e. The Hall–Kier alpha value is -1.26. The lowest BCUT2D eigenvalue weighted by atomic mass is 9.71. The maximum Gasteiger partial charge on any atom is 0.338 e. The molecule has 0 spiro atoms. The smallest absolute Gasteiger partial charge is 0.338 e. The second-order valence-corrected chi connectivity index (χ2v) is 8.10. The lowest BCUT2D eigenvalue weighted by Crippen LogP contribution is -2.46. The molecule has 1 aliphatic carbocycles. The van der Waals surface area contributed by atoms with Crippen LogP contribution in [0.15, 0.2) is 18.2 Å². The van der Waals surface area contributed by atoms with E-state index in [4.69, 9.17) is 9.47 Å². The largest absolute Gasteiger partial charge is 0.462 e. The number of rotatable bonds is 4. The van der Waals surface area contributed by atoms with Crippen LogP contribution in [0.3, 0.4) is 0 Å². The van der Waals surface area contributed by atoms with Crippen LogP contribution in [0.5, 0.6) is 0 Å². The van der Waals surface area contributed by atoms with Crippen molar-refractivity contribution in [3.63, 3.8) is 0 Å². The van der Waals surface area contributed by atoms with Gasteiger partial charge in [-0.25, -0.2) is 4.79 Å². The lowest BCUT2D eigenvalue weighted by Gasteiger charge is -2.47. The summed E-state index contributed by atoms with van der Waals surface area (Å²) in [7, 11) is 0. The highest BCUT2D eigenvalue weighted by atomic mass is 35.5. The fourth-order valence-corrected chi connectivity index (χ4v) is 5.07. The van der Waals surface area contributed by atoms with E-state index < -0.39 is 0 Å². The molecule has 1 aromatic carbocycles. The number of hydrogen-bond acceptors (Lipinski definition) is 4. The van der Waals surface area contributed by atoms with E-state index in [-0.39, 0.29) is 24.5 Å². The molecule has 3 atom stereocenters. The van der Waals surface area contributed by atoms with Gasteiger partial charge in [0.15, 0.2) is 0 Å². The zero-order valence-electron chi connectivity index (χ0n) is 16.2. The van der Waals surface area contributed by atoms with E-state index in [1.54, 1.807) is 0 Å². The summed E-state index contributed by atoms with van der Waals surface area (Å²) in [6, 6.07) is 6.46.